The zero-order valence-corrected chi connectivity index (χ0v) is 9.56. The molecule has 1 amide bonds. The summed E-state index contributed by atoms with van der Waals surface area (Å²) in [6.45, 7) is 2.54. The van der Waals surface area contributed by atoms with Gasteiger partial charge in [-0.05, 0) is 19.1 Å². The minimum absolute atomic E-state index is 0.111. The van der Waals surface area contributed by atoms with Gasteiger partial charge in [0.1, 0.15) is 0 Å². The van der Waals surface area contributed by atoms with Crippen LogP contribution in [0, 0.1) is 0 Å². The number of hydrogen-bond acceptors (Lipinski definition) is 1. The standard InChI is InChI=1S/C10H11Cl2NO/c1-3-13(2)10(14)7-5-4-6-8(11)9(7)12/h4-6H,3H2,1-2H3. The molecule has 1 rings (SSSR count). The van der Waals surface area contributed by atoms with Crippen LogP contribution >= 0.6 is 23.2 Å². The summed E-state index contributed by atoms with van der Waals surface area (Å²) in [7, 11) is 1.72. The van der Waals surface area contributed by atoms with Gasteiger partial charge >= 0.3 is 0 Å². The summed E-state index contributed by atoms with van der Waals surface area (Å²) in [4.78, 5) is 13.3. The lowest BCUT2D eigenvalue weighted by molar-refractivity contribution is 0.0802. The topological polar surface area (TPSA) is 20.3 Å². The number of amides is 1. The van der Waals surface area contributed by atoms with E-state index in [2.05, 4.69) is 0 Å². The fourth-order valence-corrected chi connectivity index (χ4v) is 1.40. The summed E-state index contributed by atoms with van der Waals surface area (Å²) in [5, 5.41) is 0.724. The van der Waals surface area contributed by atoms with Crippen LogP contribution in [0.25, 0.3) is 0 Å². The molecule has 0 aliphatic heterocycles. The smallest absolute Gasteiger partial charge is 0.255 e. The Morgan fingerprint density at radius 1 is 1.43 bits per heavy atom. The minimum atomic E-state index is -0.111. The number of benzene rings is 1. The Kier molecular flexibility index (Phi) is 3.78. The minimum Gasteiger partial charge on any atom is -0.342 e. The van der Waals surface area contributed by atoms with E-state index in [0.717, 1.165) is 0 Å². The van der Waals surface area contributed by atoms with Crippen LogP contribution in [0.2, 0.25) is 10.0 Å². The van der Waals surface area contributed by atoms with E-state index in [9.17, 15) is 4.79 Å². The van der Waals surface area contributed by atoms with Gasteiger partial charge in [0.25, 0.3) is 5.91 Å². The second kappa shape index (κ2) is 4.67. The molecule has 14 heavy (non-hydrogen) atoms. The van der Waals surface area contributed by atoms with Gasteiger partial charge in [0.05, 0.1) is 15.6 Å². The second-order valence-corrected chi connectivity index (χ2v) is 3.71. The van der Waals surface area contributed by atoms with Crippen molar-refractivity contribution in [1.29, 1.82) is 0 Å². The maximum absolute atomic E-state index is 11.7. The largest absolute Gasteiger partial charge is 0.342 e. The summed E-state index contributed by atoms with van der Waals surface area (Å²) in [6.07, 6.45) is 0. The number of nitrogens with zero attached hydrogens (tertiary/aromatic N) is 1. The van der Waals surface area contributed by atoms with Gasteiger partial charge < -0.3 is 4.90 Å². The highest BCUT2D eigenvalue weighted by molar-refractivity contribution is 6.43. The Hall–Kier alpha value is -0.730. The molecule has 2 nitrogen and oxygen atoms in total. The summed E-state index contributed by atoms with van der Waals surface area (Å²) in [6, 6.07) is 5.04. The Labute approximate surface area is 93.4 Å². The van der Waals surface area contributed by atoms with Crippen LogP contribution in [-0.2, 0) is 0 Å². The monoisotopic (exact) mass is 231 g/mol. The molecule has 0 radical (unpaired) electrons. The van der Waals surface area contributed by atoms with Crippen molar-refractivity contribution >= 4 is 29.1 Å². The molecule has 0 heterocycles. The van der Waals surface area contributed by atoms with E-state index < -0.39 is 0 Å². The lowest BCUT2D eigenvalue weighted by atomic mass is 10.2. The predicted molar refractivity (Wildman–Crippen MR) is 59.1 cm³/mol. The third kappa shape index (κ3) is 2.20. The van der Waals surface area contributed by atoms with Crippen LogP contribution in [0.15, 0.2) is 18.2 Å². The molecule has 0 bridgehead atoms. The van der Waals surface area contributed by atoms with E-state index in [-0.39, 0.29) is 5.91 Å². The van der Waals surface area contributed by atoms with Gasteiger partial charge in [-0.25, -0.2) is 0 Å². The van der Waals surface area contributed by atoms with Crippen molar-refractivity contribution in [2.45, 2.75) is 6.92 Å². The molecule has 0 aliphatic rings. The van der Waals surface area contributed by atoms with Crippen molar-refractivity contribution in [2.75, 3.05) is 13.6 Å². The van der Waals surface area contributed by atoms with Crippen molar-refractivity contribution in [3.63, 3.8) is 0 Å². The third-order valence-electron chi connectivity index (χ3n) is 2.00. The van der Waals surface area contributed by atoms with E-state index in [1.807, 2.05) is 6.92 Å². The second-order valence-electron chi connectivity index (χ2n) is 2.92. The first-order valence-electron chi connectivity index (χ1n) is 4.27. The van der Waals surface area contributed by atoms with Gasteiger partial charge in [0.15, 0.2) is 0 Å². The third-order valence-corrected chi connectivity index (χ3v) is 2.82. The lowest BCUT2D eigenvalue weighted by Crippen LogP contribution is -2.26. The molecule has 76 valence electrons. The first kappa shape index (κ1) is 11.3. The van der Waals surface area contributed by atoms with E-state index in [4.69, 9.17) is 23.2 Å². The fraction of sp³-hybridized carbons (Fsp3) is 0.300. The molecule has 0 atom stereocenters. The van der Waals surface area contributed by atoms with Crippen LogP contribution in [0.3, 0.4) is 0 Å². The quantitative estimate of drug-likeness (QED) is 0.767. The molecule has 0 saturated heterocycles. The van der Waals surface area contributed by atoms with E-state index in [0.29, 0.717) is 22.2 Å². The number of hydrogen-bond donors (Lipinski definition) is 0. The molecule has 1 aromatic rings. The summed E-state index contributed by atoms with van der Waals surface area (Å²) in [5.41, 5.74) is 0.448. The predicted octanol–water partition coefficient (Wildman–Crippen LogP) is 3.09. The van der Waals surface area contributed by atoms with Crippen molar-refractivity contribution in [3.8, 4) is 0 Å². The van der Waals surface area contributed by atoms with Gasteiger partial charge in [-0.2, -0.15) is 0 Å². The summed E-state index contributed by atoms with van der Waals surface area (Å²) in [5.74, 6) is -0.111. The maximum Gasteiger partial charge on any atom is 0.255 e. The van der Waals surface area contributed by atoms with E-state index in [1.54, 1.807) is 30.1 Å². The maximum atomic E-state index is 11.7. The van der Waals surface area contributed by atoms with Crippen molar-refractivity contribution < 1.29 is 4.79 Å². The van der Waals surface area contributed by atoms with Gasteiger partial charge in [0, 0.05) is 13.6 Å². The molecule has 0 unspecified atom stereocenters. The van der Waals surface area contributed by atoms with Gasteiger partial charge in [-0.15, -0.1) is 0 Å². The van der Waals surface area contributed by atoms with Crippen molar-refractivity contribution in [1.82, 2.24) is 4.90 Å². The van der Waals surface area contributed by atoms with Crippen molar-refractivity contribution in [3.05, 3.63) is 33.8 Å². The molecule has 1 aromatic carbocycles. The molecular formula is C10H11Cl2NO. The molecule has 0 N–H and O–H groups in total. The number of carbonyl (C=O) groups excluding carboxylic acids is 1. The first-order valence-corrected chi connectivity index (χ1v) is 5.03. The zero-order valence-electron chi connectivity index (χ0n) is 8.05. The highest BCUT2D eigenvalue weighted by atomic mass is 35.5. The van der Waals surface area contributed by atoms with Crippen molar-refractivity contribution in [2.24, 2.45) is 0 Å². The highest BCUT2D eigenvalue weighted by Gasteiger charge is 2.14. The SMILES string of the molecule is CCN(C)C(=O)c1cccc(Cl)c1Cl. The summed E-state index contributed by atoms with van der Waals surface area (Å²) < 4.78 is 0. The zero-order chi connectivity index (χ0) is 10.7. The lowest BCUT2D eigenvalue weighted by Gasteiger charge is -2.15. The van der Waals surface area contributed by atoms with Gasteiger partial charge in [-0.1, -0.05) is 29.3 Å². The first-order chi connectivity index (χ1) is 6.57. The van der Waals surface area contributed by atoms with E-state index in [1.165, 1.54) is 0 Å². The Morgan fingerprint density at radius 3 is 2.64 bits per heavy atom. The highest BCUT2D eigenvalue weighted by Crippen LogP contribution is 2.26. The molecule has 0 fully saturated rings. The molecule has 0 spiro atoms. The molecule has 0 saturated carbocycles. The van der Waals surface area contributed by atoms with Crippen LogP contribution in [0.5, 0.6) is 0 Å². The van der Waals surface area contributed by atoms with Crippen LogP contribution in [0.1, 0.15) is 17.3 Å². The van der Waals surface area contributed by atoms with Crippen LogP contribution < -0.4 is 0 Å². The summed E-state index contributed by atoms with van der Waals surface area (Å²) >= 11 is 11.7. The Morgan fingerprint density at radius 2 is 2.07 bits per heavy atom. The molecular weight excluding hydrogens is 221 g/mol. The van der Waals surface area contributed by atoms with Crippen LogP contribution in [-0.4, -0.2) is 24.4 Å². The molecule has 0 aromatic heterocycles. The average Bonchev–Trinajstić information content (AvgIpc) is 2.20. The van der Waals surface area contributed by atoms with Gasteiger partial charge in [0.2, 0.25) is 0 Å². The Balaban J connectivity index is 3.07. The normalized spacial score (nSPS) is 10.0. The van der Waals surface area contributed by atoms with Crippen LogP contribution in [0.4, 0.5) is 0 Å². The average molecular weight is 232 g/mol. The van der Waals surface area contributed by atoms with E-state index >= 15 is 0 Å². The fourth-order valence-electron chi connectivity index (χ4n) is 1.02. The molecule has 4 heteroatoms. The number of rotatable bonds is 2. The van der Waals surface area contributed by atoms with Gasteiger partial charge in [-0.3, -0.25) is 4.79 Å². The molecule has 0 aliphatic carbocycles. The Bertz CT molecular complexity index is 352. The number of halogens is 2. The number of carbonyl (C=O) groups is 1.